The van der Waals surface area contributed by atoms with E-state index in [1.54, 1.807) is 0 Å². The van der Waals surface area contributed by atoms with Crippen molar-refractivity contribution in [3.05, 3.63) is 28.1 Å². The van der Waals surface area contributed by atoms with Crippen molar-refractivity contribution in [1.29, 1.82) is 0 Å². The van der Waals surface area contributed by atoms with Crippen LogP contribution >= 0.6 is 0 Å². The largest absolute Gasteiger partial charge is 0.494 e. The second-order valence-corrected chi connectivity index (χ2v) is 5.49. The number of nitro groups is 1. The molecule has 0 aliphatic carbocycles. The molecule has 1 spiro atoms. The lowest BCUT2D eigenvalue weighted by molar-refractivity contribution is -0.384. The molecule has 2 aliphatic heterocycles. The summed E-state index contributed by atoms with van der Waals surface area (Å²) in [5.41, 5.74) is -0.361. The van der Waals surface area contributed by atoms with Crippen molar-refractivity contribution in [3.63, 3.8) is 0 Å². The minimum atomic E-state index is -0.745. The summed E-state index contributed by atoms with van der Waals surface area (Å²) in [5.74, 6) is -0.756. The van der Waals surface area contributed by atoms with Gasteiger partial charge in [0.25, 0.3) is 5.69 Å². The molecule has 2 aliphatic rings. The summed E-state index contributed by atoms with van der Waals surface area (Å²) < 4.78 is 29.9. The third-order valence-corrected chi connectivity index (χ3v) is 4.10. The van der Waals surface area contributed by atoms with Gasteiger partial charge in [0.2, 0.25) is 0 Å². The Hall–Kier alpha value is -1.93. The van der Waals surface area contributed by atoms with E-state index in [0.29, 0.717) is 38.6 Å². The molecular weight excluding hydrogens is 295 g/mol. The normalized spacial score (nSPS) is 24.7. The summed E-state index contributed by atoms with van der Waals surface area (Å²) in [5, 5.41) is 11.2. The Bertz CT molecular complexity index is 589. The van der Waals surface area contributed by atoms with Crippen LogP contribution in [0.15, 0.2) is 12.1 Å². The number of anilines is 1. The lowest BCUT2D eigenvalue weighted by atomic mass is 10.00. The molecule has 3 rings (SSSR count). The van der Waals surface area contributed by atoms with Gasteiger partial charge in [0.15, 0.2) is 11.6 Å². The molecule has 120 valence electrons. The molecule has 1 unspecified atom stereocenters. The first-order chi connectivity index (χ1) is 10.5. The maximum absolute atomic E-state index is 13.8. The van der Waals surface area contributed by atoms with Crippen molar-refractivity contribution in [2.24, 2.45) is 0 Å². The fourth-order valence-electron chi connectivity index (χ4n) is 2.97. The van der Waals surface area contributed by atoms with E-state index < -0.39 is 16.3 Å². The quantitative estimate of drug-likeness (QED) is 0.625. The average Bonchev–Trinajstić information content (AvgIpc) is 2.94. The summed E-state index contributed by atoms with van der Waals surface area (Å²) >= 11 is 0. The molecule has 22 heavy (non-hydrogen) atoms. The number of halogens is 1. The molecule has 2 saturated heterocycles. The fourth-order valence-corrected chi connectivity index (χ4v) is 2.97. The Balaban J connectivity index is 1.97. The highest BCUT2D eigenvalue weighted by molar-refractivity contribution is 5.66. The molecule has 0 bridgehead atoms. The van der Waals surface area contributed by atoms with E-state index in [9.17, 15) is 14.5 Å². The zero-order valence-corrected chi connectivity index (χ0v) is 12.2. The monoisotopic (exact) mass is 312 g/mol. The van der Waals surface area contributed by atoms with Crippen molar-refractivity contribution < 1.29 is 23.5 Å². The van der Waals surface area contributed by atoms with Crippen LogP contribution in [-0.4, -0.2) is 50.5 Å². The molecule has 0 amide bonds. The van der Waals surface area contributed by atoms with Crippen LogP contribution in [0.1, 0.15) is 6.42 Å². The fraction of sp³-hybridized carbons (Fsp3) is 0.571. The molecule has 1 aromatic rings. The maximum Gasteiger partial charge on any atom is 0.295 e. The standard InChI is InChI=1S/C14H17FN2O5/c1-20-13-7-11(12(17(18)19)6-10(13)15)16-3-5-22-14(8-16)2-4-21-9-14/h6-7H,2-5,8-9H2,1H3. The van der Waals surface area contributed by atoms with Crippen LogP contribution in [0.4, 0.5) is 15.8 Å². The van der Waals surface area contributed by atoms with Crippen molar-refractivity contribution >= 4 is 11.4 Å². The molecule has 8 heteroatoms. The third-order valence-electron chi connectivity index (χ3n) is 4.10. The lowest BCUT2D eigenvalue weighted by Gasteiger charge is -2.40. The maximum atomic E-state index is 13.8. The van der Waals surface area contributed by atoms with Gasteiger partial charge in [0, 0.05) is 32.2 Å². The van der Waals surface area contributed by atoms with Gasteiger partial charge in [-0.3, -0.25) is 10.1 Å². The molecule has 2 heterocycles. The lowest BCUT2D eigenvalue weighted by Crippen LogP contribution is -2.52. The third kappa shape index (κ3) is 2.59. The number of hydrogen-bond acceptors (Lipinski definition) is 6. The summed E-state index contributed by atoms with van der Waals surface area (Å²) in [7, 11) is 1.33. The van der Waals surface area contributed by atoms with Crippen LogP contribution in [0, 0.1) is 15.9 Å². The zero-order chi connectivity index (χ0) is 15.7. The minimum Gasteiger partial charge on any atom is -0.494 e. The SMILES string of the molecule is COc1cc(N2CCOC3(CCOC3)C2)c([N+](=O)[O-])cc1F. The Morgan fingerprint density at radius 1 is 1.45 bits per heavy atom. The van der Waals surface area contributed by atoms with Gasteiger partial charge in [0.05, 0.1) is 31.3 Å². The second-order valence-electron chi connectivity index (χ2n) is 5.49. The first-order valence-electron chi connectivity index (χ1n) is 7.03. The Labute approximate surface area is 126 Å². The van der Waals surface area contributed by atoms with E-state index in [4.69, 9.17) is 14.2 Å². The van der Waals surface area contributed by atoms with Gasteiger partial charge < -0.3 is 19.1 Å². The molecule has 0 N–H and O–H groups in total. The number of ether oxygens (including phenoxy) is 3. The first kappa shape index (κ1) is 15.0. The van der Waals surface area contributed by atoms with Crippen molar-refractivity contribution in [3.8, 4) is 5.75 Å². The van der Waals surface area contributed by atoms with Gasteiger partial charge in [0.1, 0.15) is 11.3 Å². The van der Waals surface area contributed by atoms with Gasteiger partial charge in [-0.15, -0.1) is 0 Å². The van der Waals surface area contributed by atoms with Crippen LogP contribution in [0.3, 0.4) is 0 Å². The smallest absolute Gasteiger partial charge is 0.295 e. The van der Waals surface area contributed by atoms with Crippen molar-refractivity contribution in [2.45, 2.75) is 12.0 Å². The molecule has 0 radical (unpaired) electrons. The van der Waals surface area contributed by atoms with E-state index in [2.05, 4.69) is 0 Å². The van der Waals surface area contributed by atoms with E-state index in [1.165, 1.54) is 13.2 Å². The van der Waals surface area contributed by atoms with Gasteiger partial charge in [-0.25, -0.2) is 4.39 Å². The first-order valence-corrected chi connectivity index (χ1v) is 7.03. The highest BCUT2D eigenvalue weighted by Crippen LogP contribution is 2.38. The molecule has 2 fully saturated rings. The number of nitrogens with zero attached hydrogens (tertiary/aromatic N) is 2. The number of hydrogen-bond donors (Lipinski definition) is 0. The number of morpholine rings is 1. The van der Waals surface area contributed by atoms with Crippen LogP contribution in [0.2, 0.25) is 0 Å². The van der Waals surface area contributed by atoms with E-state index in [0.717, 1.165) is 12.5 Å². The molecule has 7 nitrogen and oxygen atoms in total. The van der Waals surface area contributed by atoms with Gasteiger partial charge in [-0.1, -0.05) is 0 Å². The minimum absolute atomic E-state index is 0.0104. The topological polar surface area (TPSA) is 74.1 Å². The number of methoxy groups -OCH3 is 1. The zero-order valence-electron chi connectivity index (χ0n) is 12.2. The van der Waals surface area contributed by atoms with Gasteiger partial charge in [-0.2, -0.15) is 0 Å². The molecule has 0 saturated carbocycles. The second kappa shape index (κ2) is 5.69. The molecular formula is C14H17FN2O5. The Morgan fingerprint density at radius 3 is 2.91 bits per heavy atom. The van der Waals surface area contributed by atoms with Gasteiger partial charge in [-0.05, 0) is 0 Å². The number of benzene rings is 1. The predicted molar refractivity (Wildman–Crippen MR) is 75.9 cm³/mol. The van der Waals surface area contributed by atoms with Crippen molar-refractivity contribution in [1.82, 2.24) is 0 Å². The molecule has 1 aromatic carbocycles. The number of rotatable bonds is 3. The molecule has 1 atom stereocenters. The highest BCUT2D eigenvalue weighted by Gasteiger charge is 2.41. The van der Waals surface area contributed by atoms with E-state index in [-0.39, 0.29) is 11.4 Å². The summed E-state index contributed by atoms with van der Waals surface area (Å²) in [4.78, 5) is 12.5. The van der Waals surface area contributed by atoms with Crippen molar-refractivity contribution in [2.75, 3.05) is 44.9 Å². The number of nitro benzene ring substituents is 1. The van der Waals surface area contributed by atoms with E-state index >= 15 is 0 Å². The van der Waals surface area contributed by atoms with Crippen LogP contribution < -0.4 is 9.64 Å². The summed E-state index contributed by atoms with van der Waals surface area (Å²) in [6, 6.07) is 2.28. The summed E-state index contributed by atoms with van der Waals surface area (Å²) in [6.45, 7) is 2.50. The highest BCUT2D eigenvalue weighted by atomic mass is 19.1. The average molecular weight is 312 g/mol. The van der Waals surface area contributed by atoms with Crippen LogP contribution in [0.5, 0.6) is 5.75 Å². The molecule has 0 aromatic heterocycles. The summed E-state index contributed by atoms with van der Waals surface area (Å²) in [6.07, 6.45) is 0.746. The van der Waals surface area contributed by atoms with E-state index in [1.807, 2.05) is 4.90 Å². The Kier molecular flexibility index (Phi) is 3.88. The van der Waals surface area contributed by atoms with Crippen LogP contribution in [0.25, 0.3) is 0 Å². The van der Waals surface area contributed by atoms with Gasteiger partial charge >= 0.3 is 0 Å². The predicted octanol–water partition coefficient (Wildman–Crippen LogP) is 1.74. The Morgan fingerprint density at radius 2 is 2.27 bits per heavy atom. The van der Waals surface area contributed by atoms with Crippen LogP contribution in [-0.2, 0) is 9.47 Å².